The first-order valence-corrected chi connectivity index (χ1v) is 4.07. The molecule has 74 valence electrons. The first-order chi connectivity index (χ1) is 6.61. The maximum Gasteiger partial charge on any atom is 0.166 e. The highest BCUT2D eigenvalue weighted by molar-refractivity contribution is 6.32. The molecule has 0 saturated heterocycles. The summed E-state index contributed by atoms with van der Waals surface area (Å²) in [6.45, 7) is 0. The Kier molecular flexibility index (Phi) is 3.26. The number of halogens is 3. The highest BCUT2D eigenvalue weighted by Crippen LogP contribution is 2.32. The lowest BCUT2D eigenvalue weighted by Gasteiger charge is -2.09. The molecule has 1 aromatic rings. The topological polar surface area (TPSA) is 33.0 Å². The summed E-state index contributed by atoms with van der Waals surface area (Å²) in [5.74, 6) is -2.17. The van der Waals surface area contributed by atoms with Gasteiger partial charge in [0.2, 0.25) is 0 Å². The molecule has 0 saturated carbocycles. The van der Waals surface area contributed by atoms with Crippen LogP contribution in [0.1, 0.15) is 5.56 Å². The summed E-state index contributed by atoms with van der Waals surface area (Å²) >= 11 is 5.60. The minimum atomic E-state index is -1.09. The lowest BCUT2D eigenvalue weighted by Crippen LogP contribution is -1.99. The van der Waals surface area contributed by atoms with E-state index in [-0.39, 0.29) is 22.8 Å². The summed E-state index contributed by atoms with van der Waals surface area (Å²) in [6.07, 6.45) is -0.285. The van der Waals surface area contributed by atoms with Gasteiger partial charge in [-0.15, -0.1) is 0 Å². The molecule has 0 aliphatic carbocycles. The van der Waals surface area contributed by atoms with Crippen molar-refractivity contribution in [1.29, 1.82) is 5.26 Å². The van der Waals surface area contributed by atoms with Gasteiger partial charge in [-0.05, 0) is 6.07 Å². The highest BCUT2D eigenvalue weighted by Gasteiger charge is 2.17. The molecule has 1 aromatic carbocycles. The van der Waals surface area contributed by atoms with Gasteiger partial charge in [0.15, 0.2) is 11.6 Å². The van der Waals surface area contributed by atoms with Crippen LogP contribution in [0.4, 0.5) is 8.78 Å². The maximum atomic E-state index is 13.2. The van der Waals surface area contributed by atoms with Crippen molar-refractivity contribution in [2.24, 2.45) is 0 Å². The standard InChI is InChI=1S/C9H6ClF2NO/c1-14-9-5(2-3-13)8(12)7(11)4-6(9)10/h4H,2H2,1H3. The zero-order chi connectivity index (χ0) is 10.7. The Labute approximate surface area is 84.7 Å². The van der Waals surface area contributed by atoms with E-state index in [1.165, 1.54) is 7.11 Å². The number of ether oxygens (including phenoxy) is 1. The molecule has 0 atom stereocenters. The lowest BCUT2D eigenvalue weighted by atomic mass is 10.1. The third-order valence-corrected chi connectivity index (χ3v) is 1.96. The maximum absolute atomic E-state index is 13.2. The minimum Gasteiger partial charge on any atom is -0.495 e. The third-order valence-electron chi connectivity index (χ3n) is 1.68. The normalized spacial score (nSPS) is 9.64. The number of benzene rings is 1. The summed E-state index contributed by atoms with van der Waals surface area (Å²) in [7, 11) is 1.28. The van der Waals surface area contributed by atoms with Crippen LogP contribution in [-0.4, -0.2) is 7.11 Å². The van der Waals surface area contributed by atoms with E-state index in [1.807, 2.05) is 0 Å². The number of nitrogens with zero attached hydrogens (tertiary/aromatic N) is 1. The van der Waals surface area contributed by atoms with Gasteiger partial charge in [-0.1, -0.05) is 11.6 Å². The fraction of sp³-hybridized carbons (Fsp3) is 0.222. The van der Waals surface area contributed by atoms with Gasteiger partial charge < -0.3 is 4.74 Å². The average molecular weight is 218 g/mol. The quantitative estimate of drug-likeness (QED) is 0.714. The number of hydrogen-bond donors (Lipinski definition) is 0. The Morgan fingerprint density at radius 3 is 2.71 bits per heavy atom. The van der Waals surface area contributed by atoms with E-state index >= 15 is 0 Å². The van der Waals surface area contributed by atoms with Gasteiger partial charge in [-0.3, -0.25) is 0 Å². The number of rotatable bonds is 2. The molecule has 0 unspecified atom stereocenters. The molecule has 14 heavy (non-hydrogen) atoms. The second-order valence-corrected chi connectivity index (χ2v) is 2.91. The summed E-state index contributed by atoms with van der Waals surface area (Å²) in [5, 5.41) is 8.36. The monoisotopic (exact) mass is 217 g/mol. The second-order valence-electron chi connectivity index (χ2n) is 2.50. The molecule has 2 nitrogen and oxygen atoms in total. The Morgan fingerprint density at radius 2 is 2.21 bits per heavy atom. The van der Waals surface area contributed by atoms with Gasteiger partial charge in [-0.25, -0.2) is 8.78 Å². The SMILES string of the molecule is COc1c(Cl)cc(F)c(F)c1CC#N. The van der Waals surface area contributed by atoms with Crippen LogP contribution in [0.25, 0.3) is 0 Å². The van der Waals surface area contributed by atoms with E-state index < -0.39 is 11.6 Å². The minimum absolute atomic E-state index is 0.00659. The van der Waals surface area contributed by atoms with E-state index in [2.05, 4.69) is 0 Å². The van der Waals surface area contributed by atoms with E-state index in [4.69, 9.17) is 21.6 Å². The largest absolute Gasteiger partial charge is 0.495 e. The zero-order valence-electron chi connectivity index (χ0n) is 7.27. The van der Waals surface area contributed by atoms with Gasteiger partial charge in [0, 0.05) is 5.56 Å². The van der Waals surface area contributed by atoms with Crippen LogP contribution in [0, 0.1) is 23.0 Å². The average Bonchev–Trinajstić information content (AvgIpc) is 2.14. The fourth-order valence-corrected chi connectivity index (χ4v) is 1.37. The van der Waals surface area contributed by atoms with Crippen LogP contribution in [0.3, 0.4) is 0 Å². The summed E-state index contributed by atoms with van der Waals surface area (Å²) < 4.78 is 30.8. The van der Waals surface area contributed by atoms with Crippen LogP contribution >= 0.6 is 11.6 Å². The lowest BCUT2D eigenvalue weighted by molar-refractivity contribution is 0.400. The molecule has 0 heterocycles. The second kappa shape index (κ2) is 4.25. The number of methoxy groups -OCH3 is 1. The van der Waals surface area contributed by atoms with Crippen LogP contribution in [0.2, 0.25) is 5.02 Å². The van der Waals surface area contributed by atoms with Gasteiger partial charge in [0.05, 0.1) is 24.6 Å². The molecule has 0 fully saturated rings. The van der Waals surface area contributed by atoms with Crippen molar-refractivity contribution in [3.63, 3.8) is 0 Å². The first kappa shape index (κ1) is 10.7. The van der Waals surface area contributed by atoms with E-state index in [0.717, 1.165) is 6.07 Å². The molecule has 0 amide bonds. The van der Waals surface area contributed by atoms with Crippen LogP contribution in [0.15, 0.2) is 6.07 Å². The molecule has 0 N–H and O–H groups in total. The van der Waals surface area contributed by atoms with E-state index in [9.17, 15) is 8.78 Å². The predicted molar refractivity (Wildman–Crippen MR) is 47.2 cm³/mol. The van der Waals surface area contributed by atoms with Crippen molar-refractivity contribution in [3.05, 3.63) is 28.3 Å². The number of hydrogen-bond acceptors (Lipinski definition) is 2. The Bertz CT molecular complexity index is 401. The van der Waals surface area contributed by atoms with Crippen molar-refractivity contribution in [2.45, 2.75) is 6.42 Å². The smallest absolute Gasteiger partial charge is 0.166 e. The molecular formula is C9H6ClF2NO. The molecule has 0 aliphatic heterocycles. The van der Waals surface area contributed by atoms with Crippen molar-refractivity contribution in [2.75, 3.05) is 7.11 Å². The molecule has 0 bridgehead atoms. The van der Waals surface area contributed by atoms with Crippen molar-refractivity contribution in [1.82, 2.24) is 0 Å². The Balaban J connectivity index is 3.41. The summed E-state index contributed by atoms with van der Waals surface area (Å²) in [5.41, 5.74) is -0.153. The van der Waals surface area contributed by atoms with E-state index in [1.54, 1.807) is 6.07 Å². The van der Waals surface area contributed by atoms with Crippen molar-refractivity contribution >= 4 is 11.6 Å². The summed E-state index contributed by atoms with van der Waals surface area (Å²) in [6, 6.07) is 2.52. The van der Waals surface area contributed by atoms with Crippen molar-refractivity contribution < 1.29 is 13.5 Å². The van der Waals surface area contributed by atoms with Gasteiger partial charge >= 0.3 is 0 Å². The third kappa shape index (κ3) is 1.78. The zero-order valence-corrected chi connectivity index (χ0v) is 8.03. The fourth-order valence-electron chi connectivity index (χ4n) is 1.09. The van der Waals surface area contributed by atoms with E-state index in [0.29, 0.717) is 0 Å². The highest BCUT2D eigenvalue weighted by atomic mass is 35.5. The molecule has 0 radical (unpaired) electrons. The van der Waals surface area contributed by atoms with Crippen LogP contribution < -0.4 is 4.74 Å². The first-order valence-electron chi connectivity index (χ1n) is 3.69. The molecule has 0 spiro atoms. The molecule has 5 heteroatoms. The molecule has 1 rings (SSSR count). The van der Waals surface area contributed by atoms with Gasteiger partial charge in [0.25, 0.3) is 0 Å². The Morgan fingerprint density at radius 1 is 1.57 bits per heavy atom. The van der Waals surface area contributed by atoms with Crippen LogP contribution in [0.5, 0.6) is 5.75 Å². The molecule has 0 aromatic heterocycles. The Hall–Kier alpha value is -1.34. The van der Waals surface area contributed by atoms with Crippen LogP contribution in [-0.2, 0) is 6.42 Å². The van der Waals surface area contributed by atoms with Crippen molar-refractivity contribution in [3.8, 4) is 11.8 Å². The predicted octanol–water partition coefficient (Wildman–Crippen LogP) is 2.69. The number of nitriles is 1. The van der Waals surface area contributed by atoms with Gasteiger partial charge in [-0.2, -0.15) is 5.26 Å². The molecular weight excluding hydrogens is 212 g/mol. The van der Waals surface area contributed by atoms with Gasteiger partial charge in [0.1, 0.15) is 5.75 Å². The molecule has 0 aliphatic rings. The summed E-state index contributed by atoms with van der Waals surface area (Å²) in [4.78, 5) is 0.